The van der Waals surface area contributed by atoms with Crippen LogP contribution in [0.15, 0.2) is 170 Å². The minimum atomic E-state index is 0. The predicted molar refractivity (Wildman–Crippen MR) is 255 cm³/mol. The molecule has 0 bridgehead atoms. The maximum absolute atomic E-state index is 3.06. The molecule has 0 unspecified atom stereocenters. The fourth-order valence-corrected chi connectivity index (χ4v) is 8.00. The van der Waals surface area contributed by atoms with E-state index >= 15 is 0 Å². The molecule has 8 rings (SSSR count). The molecule has 0 N–H and O–H groups in total. The molecule has 0 aliphatic rings. The van der Waals surface area contributed by atoms with Crippen LogP contribution in [0.2, 0.25) is 0 Å². The molecule has 8 aromatic rings. The molecule has 0 atom stereocenters. The van der Waals surface area contributed by atoms with Gasteiger partial charge in [-0.2, -0.15) is 12.1 Å². The van der Waals surface area contributed by atoms with Gasteiger partial charge in [0.25, 0.3) is 0 Å². The molecule has 0 aliphatic carbocycles. The van der Waals surface area contributed by atoms with Crippen LogP contribution in [0.4, 0.5) is 0 Å². The number of rotatable bonds is 14. The molecule has 2 radical (unpaired) electrons. The van der Waals surface area contributed by atoms with Crippen LogP contribution in [0.3, 0.4) is 0 Å². The van der Waals surface area contributed by atoms with Gasteiger partial charge in [-0.25, -0.2) is 0 Å². The Morgan fingerprint density at radius 1 is 0.379 bits per heavy atom. The van der Waals surface area contributed by atoms with Crippen LogP contribution in [-0.4, -0.2) is 6.88 Å². The first kappa shape index (κ1) is 46.3. The second kappa shape index (κ2) is 24.5. The van der Waals surface area contributed by atoms with Crippen LogP contribution in [0.1, 0.15) is 76.3 Å². The molecule has 2 heteroatoms. The number of benzene rings is 6. The molecule has 0 saturated heterocycles. The van der Waals surface area contributed by atoms with Crippen LogP contribution in [0.5, 0.6) is 0 Å². The Labute approximate surface area is 367 Å². The molecule has 0 saturated carbocycles. The first-order valence-corrected chi connectivity index (χ1v) is 24.8. The van der Waals surface area contributed by atoms with E-state index in [0.717, 1.165) is 0 Å². The van der Waals surface area contributed by atoms with E-state index < -0.39 is 0 Å². The maximum atomic E-state index is 3.06. The van der Waals surface area contributed by atoms with E-state index in [1.807, 2.05) is 0 Å². The Hall–Kier alpha value is -4.36. The second-order valence-electron chi connectivity index (χ2n) is 14.8. The zero-order valence-electron chi connectivity index (χ0n) is 35.2. The summed E-state index contributed by atoms with van der Waals surface area (Å²) in [5.41, 5.74) is 13.5. The van der Waals surface area contributed by atoms with E-state index in [9.17, 15) is 0 Å². The van der Waals surface area contributed by atoms with Crippen LogP contribution < -0.4 is 0 Å². The summed E-state index contributed by atoms with van der Waals surface area (Å²) < 4.78 is 0. The summed E-state index contributed by atoms with van der Waals surface area (Å²) in [6.45, 7) is 7.61. The molecule has 0 spiro atoms. The van der Waals surface area contributed by atoms with Gasteiger partial charge < -0.3 is 14.9 Å². The third-order valence-electron chi connectivity index (χ3n) is 10.9. The van der Waals surface area contributed by atoms with Gasteiger partial charge in [0.2, 0.25) is 0 Å². The van der Waals surface area contributed by atoms with Gasteiger partial charge in [-0.1, -0.05) is 244 Å². The Bertz CT molecular complexity index is 2030. The quantitative estimate of drug-likeness (QED) is 0.0581. The minimum absolute atomic E-state index is 0. The van der Waals surface area contributed by atoms with Crippen molar-refractivity contribution in [2.75, 3.05) is 0 Å². The van der Waals surface area contributed by atoms with Crippen molar-refractivity contribution < 1.29 is 23.3 Å². The number of fused-ring (bicyclic) bond motifs is 2. The van der Waals surface area contributed by atoms with Gasteiger partial charge >= 0.3 is 30.2 Å². The fourth-order valence-electron chi connectivity index (χ4n) is 8.00. The molecule has 58 heavy (non-hydrogen) atoms. The van der Waals surface area contributed by atoms with Gasteiger partial charge in [-0.05, 0) is 24.0 Å². The van der Waals surface area contributed by atoms with Gasteiger partial charge in [0, 0.05) is 0 Å². The monoisotopic (exact) mass is 850 g/mol. The molecule has 8 aromatic carbocycles. The Morgan fingerprint density at radius 3 is 0.983 bits per heavy atom. The summed E-state index contributed by atoms with van der Waals surface area (Å²) in [5, 5.41) is 5.53. The average molecular weight is 852 g/mol. The third-order valence-corrected chi connectivity index (χ3v) is 10.9. The van der Waals surface area contributed by atoms with Crippen LogP contribution >= 0.6 is 0 Å². The summed E-state index contributed by atoms with van der Waals surface area (Å²) >= 11 is 1.36. The van der Waals surface area contributed by atoms with E-state index in [1.54, 1.807) is 0 Å². The molecule has 0 amide bonds. The summed E-state index contributed by atoms with van der Waals surface area (Å²) in [6.07, 6.45) is 12.8. The van der Waals surface area contributed by atoms with Gasteiger partial charge in [-0.3, -0.25) is 0 Å². The van der Waals surface area contributed by atoms with E-state index in [-0.39, 0.29) is 14.9 Å². The number of hydrogen-bond donors (Lipinski definition) is 0. The zero-order valence-corrected chi connectivity index (χ0v) is 38.7. The topological polar surface area (TPSA) is 0 Å². The molecule has 0 heterocycles. The van der Waals surface area contributed by atoms with E-state index in [0.29, 0.717) is 0 Å². The molecule has 0 aromatic heterocycles. The van der Waals surface area contributed by atoms with Crippen molar-refractivity contribution in [1.82, 2.24) is 0 Å². The second-order valence-corrected chi connectivity index (χ2v) is 14.8. The summed E-state index contributed by atoms with van der Waals surface area (Å²) in [4.78, 5) is 0. The summed E-state index contributed by atoms with van der Waals surface area (Å²) in [5.74, 6) is 0. The SMILES string of the molecule is CCCCCCc1cc2c(-c3ccccc3)ccc(-c3ccccc3)c2[cH-]1.CCCCCCc1cc2c(-c3ccccc3)ccc(-c3ccccc3)c2[cH-]1.[CH3-].[CH3-].[Si]=[Zr]. The molecular formula is C56H60SiZr-4. The van der Waals surface area contributed by atoms with Crippen molar-refractivity contribution in [3.8, 4) is 44.5 Å². The van der Waals surface area contributed by atoms with Crippen molar-refractivity contribution in [3.05, 3.63) is 196 Å². The summed E-state index contributed by atoms with van der Waals surface area (Å²) in [6, 6.07) is 61.9. The van der Waals surface area contributed by atoms with Crippen molar-refractivity contribution in [1.29, 1.82) is 0 Å². The van der Waals surface area contributed by atoms with Crippen LogP contribution in [0, 0.1) is 14.9 Å². The first-order valence-electron chi connectivity index (χ1n) is 20.6. The average Bonchev–Trinajstić information content (AvgIpc) is 3.90. The number of unbranched alkanes of at least 4 members (excludes halogenated alkanes) is 6. The fraction of sp³-hybridized carbons (Fsp3) is 0.214. The van der Waals surface area contributed by atoms with Gasteiger partial charge in [-0.15, -0.1) is 44.8 Å². The zero-order chi connectivity index (χ0) is 39.0. The third kappa shape index (κ3) is 11.9. The molecular weight excluding hydrogens is 792 g/mol. The molecule has 0 fully saturated rings. The Kier molecular flexibility index (Phi) is 19.6. The van der Waals surface area contributed by atoms with Crippen molar-refractivity contribution >= 4 is 28.4 Å². The normalized spacial score (nSPS) is 10.4. The predicted octanol–water partition coefficient (Wildman–Crippen LogP) is 16.5. The van der Waals surface area contributed by atoms with E-state index in [4.69, 9.17) is 0 Å². The molecule has 0 nitrogen and oxygen atoms in total. The van der Waals surface area contributed by atoms with Gasteiger partial charge in [0.05, 0.1) is 0 Å². The van der Waals surface area contributed by atoms with E-state index in [1.165, 1.54) is 165 Å². The van der Waals surface area contributed by atoms with Crippen LogP contribution in [-0.2, 0) is 36.2 Å². The number of hydrogen-bond acceptors (Lipinski definition) is 0. The van der Waals surface area contributed by atoms with Gasteiger partial charge in [0.1, 0.15) is 0 Å². The molecule has 0 aliphatic heterocycles. The summed E-state index contributed by atoms with van der Waals surface area (Å²) in [7, 11) is 0. The van der Waals surface area contributed by atoms with Crippen molar-refractivity contribution in [3.63, 3.8) is 0 Å². The first-order chi connectivity index (χ1) is 27.7. The van der Waals surface area contributed by atoms with Crippen molar-refractivity contribution in [2.24, 2.45) is 0 Å². The molecule has 296 valence electrons. The standard InChI is InChI=1S/2C27H27.2CH3.Si.Zr/c2*1-2-3-4-7-12-21-19-26-24(22-13-8-5-9-14-22)17-18-25(27(26)20-21)23-15-10-6-11-16-23;;;;/h2*5-6,8-11,13-20H,2-4,7,12H2,1H3;2*1H3;;/q4*-1;;. The Morgan fingerprint density at radius 2 is 0.672 bits per heavy atom. The van der Waals surface area contributed by atoms with Gasteiger partial charge in [0.15, 0.2) is 0 Å². The van der Waals surface area contributed by atoms with Crippen LogP contribution in [0.25, 0.3) is 66.1 Å². The van der Waals surface area contributed by atoms with Crippen molar-refractivity contribution in [2.45, 2.75) is 78.1 Å². The van der Waals surface area contributed by atoms with E-state index in [2.05, 4.69) is 191 Å². The number of aryl methyl sites for hydroxylation is 2. The Balaban J connectivity index is 0.000000238.